The summed E-state index contributed by atoms with van der Waals surface area (Å²) in [6, 6.07) is 1.84. The number of amides is 1. The Hall–Kier alpha value is -1.89. The quantitative estimate of drug-likeness (QED) is 0.708. The van der Waals surface area contributed by atoms with Crippen LogP contribution < -0.4 is 15.5 Å². The van der Waals surface area contributed by atoms with E-state index in [0.717, 1.165) is 18.8 Å². The van der Waals surface area contributed by atoms with Gasteiger partial charge in [-0.1, -0.05) is 6.92 Å². The third-order valence-corrected chi connectivity index (χ3v) is 2.88. The van der Waals surface area contributed by atoms with Crippen molar-refractivity contribution in [3.8, 4) is 0 Å². The summed E-state index contributed by atoms with van der Waals surface area (Å²) in [4.78, 5) is 22.4. The van der Waals surface area contributed by atoms with E-state index in [-0.39, 0.29) is 12.5 Å². The van der Waals surface area contributed by atoms with Crippen LogP contribution in [-0.2, 0) is 16.1 Å². The van der Waals surface area contributed by atoms with Crippen LogP contribution in [0, 0.1) is 0 Å². The molecule has 7 nitrogen and oxygen atoms in total. The van der Waals surface area contributed by atoms with Crippen molar-refractivity contribution in [2.24, 2.45) is 0 Å². The molecule has 1 aromatic heterocycles. The third-order valence-electron chi connectivity index (χ3n) is 2.88. The Morgan fingerprint density at radius 2 is 2.10 bits per heavy atom. The molecule has 0 saturated carbocycles. The van der Waals surface area contributed by atoms with E-state index in [1.54, 1.807) is 14.1 Å². The van der Waals surface area contributed by atoms with Gasteiger partial charge in [0.05, 0.1) is 6.54 Å². The number of ether oxygens (including phenoxy) is 1. The molecule has 1 heterocycles. The van der Waals surface area contributed by atoms with Crippen LogP contribution in [0.4, 0.5) is 11.6 Å². The summed E-state index contributed by atoms with van der Waals surface area (Å²) in [7, 11) is 3.44. The fourth-order valence-electron chi connectivity index (χ4n) is 1.83. The first-order chi connectivity index (χ1) is 10.1. The van der Waals surface area contributed by atoms with Crippen molar-refractivity contribution >= 4 is 17.5 Å². The highest BCUT2D eigenvalue weighted by Crippen LogP contribution is 2.16. The van der Waals surface area contributed by atoms with Crippen LogP contribution in [0.2, 0.25) is 0 Å². The molecule has 1 aromatic rings. The number of carbonyl (C=O) groups excluding carboxylic acids is 1. The molecule has 1 amide bonds. The Morgan fingerprint density at radius 1 is 1.33 bits per heavy atom. The molecule has 0 fully saturated rings. The van der Waals surface area contributed by atoms with Gasteiger partial charge in [-0.25, -0.2) is 9.97 Å². The Balaban J connectivity index is 3.01. The maximum atomic E-state index is 11.6. The fourth-order valence-corrected chi connectivity index (χ4v) is 1.83. The average molecular weight is 295 g/mol. The van der Waals surface area contributed by atoms with Crippen LogP contribution in [-0.4, -0.2) is 49.7 Å². The summed E-state index contributed by atoms with van der Waals surface area (Å²) in [5.74, 6) is 2.01. The zero-order valence-electron chi connectivity index (χ0n) is 13.3. The van der Waals surface area contributed by atoms with Crippen molar-refractivity contribution in [1.29, 1.82) is 0 Å². The number of nitrogens with one attached hydrogen (secondary N) is 2. The molecule has 2 N–H and O–H groups in total. The molecule has 21 heavy (non-hydrogen) atoms. The normalized spacial score (nSPS) is 10.3. The SMILES string of the molecule is CCCN(CC(=O)NC)c1cc(NC)nc(COCC)n1. The van der Waals surface area contributed by atoms with Crippen LogP contribution >= 0.6 is 0 Å². The maximum Gasteiger partial charge on any atom is 0.239 e. The zero-order valence-corrected chi connectivity index (χ0v) is 13.3. The van der Waals surface area contributed by atoms with E-state index in [1.165, 1.54) is 0 Å². The second kappa shape index (κ2) is 9.12. The number of anilines is 2. The first-order valence-corrected chi connectivity index (χ1v) is 7.23. The summed E-state index contributed by atoms with van der Waals surface area (Å²) >= 11 is 0. The lowest BCUT2D eigenvalue weighted by molar-refractivity contribution is -0.119. The first-order valence-electron chi connectivity index (χ1n) is 7.23. The largest absolute Gasteiger partial charge is 0.374 e. The Labute approximate surface area is 126 Å². The predicted octanol–water partition coefficient (Wildman–Crippen LogP) is 1.02. The van der Waals surface area contributed by atoms with E-state index < -0.39 is 0 Å². The maximum absolute atomic E-state index is 11.6. The number of aromatic nitrogens is 2. The molecule has 0 aliphatic heterocycles. The number of rotatable bonds is 9. The molecule has 0 atom stereocenters. The smallest absolute Gasteiger partial charge is 0.239 e. The minimum atomic E-state index is -0.0422. The van der Waals surface area contributed by atoms with Crippen molar-refractivity contribution in [2.45, 2.75) is 26.9 Å². The molecule has 0 saturated heterocycles. The van der Waals surface area contributed by atoms with E-state index in [2.05, 4.69) is 27.5 Å². The van der Waals surface area contributed by atoms with Crippen molar-refractivity contribution in [3.05, 3.63) is 11.9 Å². The summed E-state index contributed by atoms with van der Waals surface area (Å²) < 4.78 is 5.37. The average Bonchev–Trinajstić information content (AvgIpc) is 2.51. The molecular weight excluding hydrogens is 270 g/mol. The molecule has 0 radical (unpaired) electrons. The van der Waals surface area contributed by atoms with Crippen molar-refractivity contribution in [1.82, 2.24) is 15.3 Å². The highest BCUT2D eigenvalue weighted by atomic mass is 16.5. The highest BCUT2D eigenvalue weighted by Gasteiger charge is 2.14. The lowest BCUT2D eigenvalue weighted by Crippen LogP contribution is -2.36. The number of hydrogen-bond acceptors (Lipinski definition) is 6. The molecule has 0 spiro atoms. The van der Waals surface area contributed by atoms with E-state index in [4.69, 9.17) is 4.74 Å². The van der Waals surface area contributed by atoms with Crippen molar-refractivity contribution in [3.63, 3.8) is 0 Å². The standard InChI is InChI=1S/C14H25N5O2/c1-5-7-19(9-14(20)16-4)13-8-11(15-3)17-12(18-13)10-21-6-2/h8H,5-7,9-10H2,1-4H3,(H,16,20)(H,15,17,18). The van der Waals surface area contributed by atoms with Gasteiger partial charge in [0.1, 0.15) is 18.2 Å². The topological polar surface area (TPSA) is 79.4 Å². The van der Waals surface area contributed by atoms with Gasteiger partial charge in [0.2, 0.25) is 5.91 Å². The second-order valence-corrected chi connectivity index (χ2v) is 4.51. The van der Waals surface area contributed by atoms with Gasteiger partial charge in [0.15, 0.2) is 5.82 Å². The molecular formula is C14H25N5O2. The van der Waals surface area contributed by atoms with E-state index in [1.807, 2.05) is 17.9 Å². The highest BCUT2D eigenvalue weighted by molar-refractivity contribution is 5.80. The number of likely N-dealkylation sites (N-methyl/N-ethyl adjacent to an activating group) is 1. The fraction of sp³-hybridized carbons (Fsp3) is 0.643. The van der Waals surface area contributed by atoms with Crippen LogP contribution in [0.1, 0.15) is 26.1 Å². The van der Waals surface area contributed by atoms with Gasteiger partial charge in [-0.15, -0.1) is 0 Å². The molecule has 0 unspecified atom stereocenters. The van der Waals surface area contributed by atoms with E-state index in [9.17, 15) is 4.79 Å². The molecule has 0 aliphatic rings. The summed E-state index contributed by atoms with van der Waals surface area (Å²) in [6.07, 6.45) is 0.927. The number of carbonyl (C=O) groups is 1. The van der Waals surface area contributed by atoms with Gasteiger partial charge < -0.3 is 20.3 Å². The predicted molar refractivity (Wildman–Crippen MR) is 83.5 cm³/mol. The number of nitrogens with zero attached hydrogens (tertiary/aromatic N) is 3. The van der Waals surface area contributed by atoms with Crippen LogP contribution in [0.5, 0.6) is 0 Å². The van der Waals surface area contributed by atoms with Crippen molar-refractivity contribution < 1.29 is 9.53 Å². The molecule has 0 aromatic carbocycles. The van der Waals surface area contributed by atoms with Gasteiger partial charge in [0, 0.05) is 33.3 Å². The van der Waals surface area contributed by atoms with Gasteiger partial charge in [-0.2, -0.15) is 0 Å². The molecule has 0 bridgehead atoms. The van der Waals surface area contributed by atoms with E-state index >= 15 is 0 Å². The van der Waals surface area contributed by atoms with Gasteiger partial charge in [0.25, 0.3) is 0 Å². The van der Waals surface area contributed by atoms with Crippen molar-refractivity contribution in [2.75, 3.05) is 44.0 Å². The monoisotopic (exact) mass is 295 g/mol. The summed E-state index contributed by atoms with van der Waals surface area (Å²) in [5, 5.41) is 5.65. The Kier molecular flexibility index (Phi) is 7.45. The molecule has 7 heteroatoms. The first kappa shape index (κ1) is 17.2. The second-order valence-electron chi connectivity index (χ2n) is 4.51. The lowest BCUT2D eigenvalue weighted by atomic mass is 10.3. The third kappa shape index (κ3) is 5.55. The van der Waals surface area contributed by atoms with Gasteiger partial charge in [-0.05, 0) is 13.3 Å². The summed E-state index contributed by atoms with van der Waals surface area (Å²) in [5.41, 5.74) is 0. The minimum Gasteiger partial charge on any atom is -0.374 e. The van der Waals surface area contributed by atoms with Crippen LogP contribution in [0.3, 0.4) is 0 Å². The molecule has 1 rings (SSSR count). The molecule has 0 aliphatic carbocycles. The van der Waals surface area contributed by atoms with Crippen LogP contribution in [0.25, 0.3) is 0 Å². The van der Waals surface area contributed by atoms with Gasteiger partial charge >= 0.3 is 0 Å². The lowest BCUT2D eigenvalue weighted by Gasteiger charge is -2.23. The number of hydrogen-bond donors (Lipinski definition) is 2. The zero-order chi connectivity index (χ0) is 15.7. The van der Waals surface area contributed by atoms with Crippen LogP contribution in [0.15, 0.2) is 6.07 Å². The van der Waals surface area contributed by atoms with Gasteiger partial charge in [-0.3, -0.25) is 4.79 Å². The summed E-state index contributed by atoms with van der Waals surface area (Å²) in [6.45, 7) is 5.99. The Morgan fingerprint density at radius 3 is 2.67 bits per heavy atom. The Bertz CT molecular complexity index is 453. The minimum absolute atomic E-state index is 0.0422. The molecule has 118 valence electrons. The van der Waals surface area contributed by atoms with E-state index in [0.29, 0.717) is 24.9 Å².